The standard InChI is InChI=1S/C27H44O2.H2O/c1-19-10-13-23(28)18-22(19)12-11-21-9-7-17-27(5)24(14-15-25(21)27)20(2)8-6-16-26(3,4)29;/h11-12,20,23-25,28-29H,1,6-10,13-18H2,2-5H3;1H2/b21-11+,22-12-;/t20-,23+,24?,25?,27?;/m0./s1. The number of rotatable bonds is 6. The summed E-state index contributed by atoms with van der Waals surface area (Å²) in [7, 11) is 0. The monoisotopic (exact) mass is 418 g/mol. The van der Waals surface area contributed by atoms with E-state index in [2.05, 4.69) is 32.6 Å². The van der Waals surface area contributed by atoms with E-state index in [9.17, 15) is 10.2 Å². The Morgan fingerprint density at radius 1 is 1.20 bits per heavy atom. The molecule has 4 N–H and O–H groups in total. The second-order valence-corrected chi connectivity index (χ2v) is 11.2. The Hall–Kier alpha value is -0.900. The van der Waals surface area contributed by atoms with Crippen molar-refractivity contribution in [2.24, 2.45) is 23.2 Å². The van der Waals surface area contributed by atoms with Gasteiger partial charge >= 0.3 is 0 Å². The lowest BCUT2D eigenvalue weighted by Crippen LogP contribution is -2.36. The summed E-state index contributed by atoms with van der Waals surface area (Å²) in [6.07, 6.45) is 16.9. The summed E-state index contributed by atoms with van der Waals surface area (Å²) in [5.41, 5.74) is 4.02. The minimum absolute atomic E-state index is 0. The van der Waals surface area contributed by atoms with Gasteiger partial charge in [0.15, 0.2) is 0 Å². The molecule has 0 aromatic rings. The normalized spacial score (nSPS) is 35.9. The first-order chi connectivity index (χ1) is 13.6. The van der Waals surface area contributed by atoms with Crippen LogP contribution in [0.25, 0.3) is 0 Å². The van der Waals surface area contributed by atoms with Crippen LogP contribution in [-0.2, 0) is 0 Å². The van der Waals surface area contributed by atoms with Gasteiger partial charge in [0, 0.05) is 0 Å². The maximum atomic E-state index is 10.0. The molecule has 3 aliphatic carbocycles. The third-order valence-corrected chi connectivity index (χ3v) is 8.36. The summed E-state index contributed by atoms with van der Waals surface area (Å²) in [5.74, 6) is 2.26. The smallest absolute Gasteiger partial charge is 0.0591 e. The van der Waals surface area contributed by atoms with Gasteiger partial charge in [-0.3, -0.25) is 0 Å². The van der Waals surface area contributed by atoms with Gasteiger partial charge in [0.2, 0.25) is 0 Å². The van der Waals surface area contributed by atoms with Crippen molar-refractivity contribution in [3.05, 3.63) is 35.5 Å². The third kappa shape index (κ3) is 5.87. The molecule has 0 radical (unpaired) electrons. The molecule has 3 aliphatic rings. The van der Waals surface area contributed by atoms with E-state index in [4.69, 9.17) is 0 Å². The molecule has 0 aromatic carbocycles. The molecule has 3 saturated carbocycles. The molecule has 0 aliphatic heterocycles. The van der Waals surface area contributed by atoms with E-state index < -0.39 is 5.60 Å². The fourth-order valence-corrected chi connectivity index (χ4v) is 6.67. The molecule has 172 valence electrons. The van der Waals surface area contributed by atoms with Crippen LogP contribution < -0.4 is 0 Å². The van der Waals surface area contributed by atoms with E-state index in [0.717, 1.165) is 49.9 Å². The zero-order valence-electron chi connectivity index (χ0n) is 19.8. The summed E-state index contributed by atoms with van der Waals surface area (Å²) in [6.45, 7) is 13.1. The highest BCUT2D eigenvalue weighted by molar-refractivity contribution is 5.36. The molecule has 5 atom stereocenters. The fraction of sp³-hybridized carbons (Fsp3) is 0.778. The molecule has 3 heteroatoms. The largest absolute Gasteiger partial charge is 0.412 e. The molecule has 3 rings (SSSR count). The van der Waals surface area contributed by atoms with Crippen LogP contribution >= 0.6 is 0 Å². The van der Waals surface area contributed by atoms with E-state index in [1.807, 2.05) is 13.8 Å². The van der Waals surface area contributed by atoms with E-state index in [-0.39, 0.29) is 11.6 Å². The molecular formula is C27H46O3. The maximum absolute atomic E-state index is 10.0. The molecule has 30 heavy (non-hydrogen) atoms. The van der Waals surface area contributed by atoms with Gasteiger partial charge in [-0.1, -0.05) is 56.6 Å². The Morgan fingerprint density at radius 2 is 1.93 bits per heavy atom. The first-order valence-electron chi connectivity index (χ1n) is 12.1. The van der Waals surface area contributed by atoms with E-state index in [0.29, 0.717) is 5.41 Å². The molecule has 0 amide bonds. The van der Waals surface area contributed by atoms with Gasteiger partial charge in [0.25, 0.3) is 0 Å². The molecule has 0 heterocycles. The van der Waals surface area contributed by atoms with Crippen LogP contribution in [0.4, 0.5) is 0 Å². The highest BCUT2D eigenvalue weighted by atomic mass is 16.3. The Balaban J connectivity index is 0.00000320. The highest BCUT2D eigenvalue weighted by Gasteiger charge is 2.50. The summed E-state index contributed by atoms with van der Waals surface area (Å²) < 4.78 is 0. The zero-order chi connectivity index (χ0) is 21.2. The van der Waals surface area contributed by atoms with Crippen LogP contribution in [0.15, 0.2) is 35.5 Å². The first-order valence-corrected chi connectivity index (χ1v) is 12.1. The van der Waals surface area contributed by atoms with Crippen LogP contribution in [0, 0.1) is 23.2 Å². The van der Waals surface area contributed by atoms with Crippen LogP contribution in [0.3, 0.4) is 0 Å². The maximum Gasteiger partial charge on any atom is 0.0591 e. The Kier molecular flexibility index (Phi) is 8.58. The average Bonchev–Trinajstić information content (AvgIpc) is 2.99. The van der Waals surface area contributed by atoms with Gasteiger partial charge in [-0.2, -0.15) is 0 Å². The Morgan fingerprint density at radius 3 is 2.63 bits per heavy atom. The zero-order valence-corrected chi connectivity index (χ0v) is 19.8. The first kappa shape index (κ1) is 25.4. The van der Waals surface area contributed by atoms with E-state index in [1.54, 1.807) is 5.57 Å². The number of aliphatic hydroxyl groups is 2. The molecule has 3 unspecified atom stereocenters. The Bertz CT molecular complexity index is 654. The Labute approximate surface area is 184 Å². The van der Waals surface area contributed by atoms with Crippen molar-refractivity contribution in [3.63, 3.8) is 0 Å². The van der Waals surface area contributed by atoms with Crippen molar-refractivity contribution in [1.29, 1.82) is 0 Å². The molecule has 0 spiro atoms. The van der Waals surface area contributed by atoms with Crippen molar-refractivity contribution in [2.75, 3.05) is 0 Å². The van der Waals surface area contributed by atoms with Crippen molar-refractivity contribution in [2.45, 2.75) is 110 Å². The van der Waals surface area contributed by atoms with Gasteiger partial charge in [-0.05, 0) is 100 Å². The lowest BCUT2D eigenvalue weighted by Gasteiger charge is -2.44. The summed E-state index contributed by atoms with van der Waals surface area (Å²) in [4.78, 5) is 0. The highest BCUT2D eigenvalue weighted by Crippen LogP contribution is 2.60. The third-order valence-electron chi connectivity index (χ3n) is 8.36. The number of aliphatic hydroxyl groups excluding tert-OH is 1. The van der Waals surface area contributed by atoms with Crippen molar-refractivity contribution >= 4 is 0 Å². The lowest BCUT2D eigenvalue weighted by molar-refractivity contribution is 0.0596. The summed E-state index contributed by atoms with van der Waals surface area (Å²) >= 11 is 0. The minimum Gasteiger partial charge on any atom is -0.412 e. The van der Waals surface area contributed by atoms with Crippen molar-refractivity contribution in [1.82, 2.24) is 0 Å². The van der Waals surface area contributed by atoms with Gasteiger partial charge in [0.1, 0.15) is 0 Å². The van der Waals surface area contributed by atoms with Crippen LogP contribution in [-0.4, -0.2) is 27.4 Å². The lowest BCUT2D eigenvalue weighted by atomic mass is 9.60. The number of hydrogen-bond donors (Lipinski definition) is 2. The van der Waals surface area contributed by atoms with Gasteiger partial charge in [-0.15, -0.1) is 0 Å². The number of hydrogen-bond acceptors (Lipinski definition) is 2. The van der Waals surface area contributed by atoms with Gasteiger partial charge in [-0.25, -0.2) is 0 Å². The molecule has 0 saturated heterocycles. The molecule has 0 aromatic heterocycles. The van der Waals surface area contributed by atoms with Gasteiger partial charge in [0.05, 0.1) is 11.7 Å². The van der Waals surface area contributed by atoms with E-state index in [1.165, 1.54) is 49.7 Å². The SMILES string of the molecule is C=C1CC[C@@H](O)C/C1=C/C=C1\CCCC2(C)C1CCC2[C@@H](C)CCCC(C)(C)O.O. The fourth-order valence-electron chi connectivity index (χ4n) is 6.67. The summed E-state index contributed by atoms with van der Waals surface area (Å²) in [6, 6.07) is 0. The second kappa shape index (κ2) is 10.1. The van der Waals surface area contributed by atoms with Crippen LogP contribution in [0.2, 0.25) is 0 Å². The van der Waals surface area contributed by atoms with E-state index >= 15 is 0 Å². The number of allylic oxidation sites excluding steroid dienone is 4. The second-order valence-electron chi connectivity index (χ2n) is 11.2. The summed E-state index contributed by atoms with van der Waals surface area (Å²) in [5, 5.41) is 20.1. The van der Waals surface area contributed by atoms with Crippen molar-refractivity contribution < 1.29 is 15.7 Å². The predicted octanol–water partition coefficient (Wildman–Crippen LogP) is 5.91. The topological polar surface area (TPSA) is 72.0 Å². The van der Waals surface area contributed by atoms with Crippen LogP contribution in [0.1, 0.15) is 98.3 Å². The number of fused-ring (bicyclic) bond motifs is 1. The van der Waals surface area contributed by atoms with Gasteiger partial charge < -0.3 is 15.7 Å². The molecular weight excluding hydrogens is 372 g/mol. The predicted molar refractivity (Wildman–Crippen MR) is 126 cm³/mol. The van der Waals surface area contributed by atoms with Crippen LogP contribution in [0.5, 0.6) is 0 Å². The molecule has 3 nitrogen and oxygen atoms in total. The minimum atomic E-state index is -0.535. The molecule has 3 fully saturated rings. The quantitative estimate of drug-likeness (QED) is 0.563. The van der Waals surface area contributed by atoms with Crippen molar-refractivity contribution in [3.8, 4) is 0 Å². The average molecular weight is 419 g/mol. The molecule has 0 bridgehead atoms.